The smallest absolute Gasteiger partial charge is 0.323 e. The van der Waals surface area contributed by atoms with E-state index in [0.29, 0.717) is 13.0 Å². The molecule has 6 heteroatoms. The second-order valence-electron chi connectivity index (χ2n) is 4.55. The summed E-state index contributed by atoms with van der Waals surface area (Å²) in [5, 5.41) is 8.83. The minimum Gasteiger partial charge on any atom is -0.497 e. The first-order chi connectivity index (χ1) is 10.1. The Balaban J connectivity index is 2.52. The predicted molar refractivity (Wildman–Crippen MR) is 77.4 cm³/mol. The average molecular weight is 295 g/mol. The fraction of sp³-hybridized carbons (Fsp3) is 0.467. The summed E-state index contributed by atoms with van der Waals surface area (Å²) in [6.07, 6.45) is 0.829. The highest BCUT2D eigenvalue weighted by Gasteiger charge is 2.16. The van der Waals surface area contributed by atoms with Crippen LogP contribution in [-0.2, 0) is 20.7 Å². The molecule has 6 nitrogen and oxygen atoms in total. The number of aliphatic carboxylic acids is 1. The Morgan fingerprint density at radius 3 is 2.38 bits per heavy atom. The summed E-state index contributed by atoms with van der Waals surface area (Å²) in [6, 6.07) is 7.45. The molecule has 0 fully saturated rings. The molecule has 21 heavy (non-hydrogen) atoms. The molecule has 1 N–H and O–H groups in total. The number of hydrogen-bond acceptors (Lipinski definition) is 4. The molecule has 0 radical (unpaired) electrons. The quantitative estimate of drug-likeness (QED) is 0.740. The molecule has 0 spiro atoms. The molecule has 0 bridgehead atoms. The number of hydrogen-bond donors (Lipinski definition) is 1. The van der Waals surface area contributed by atoms with Crippen LogP contribution in [0.3, 0.4) is 0 Å². The van der Waals surface area contributed by atoms with E-state index in [4.69, 9.17) is 14.6 Å². The van der Waals surface area contributed by atoms with Crippen LogP contribution in [-0.4, -0.2) is 55.8 Å². The Labute approximate surface area is 124 Å². The number of amides is 1. The van der Waals surface area contributed by atoms with Crippen molar-refractivity contribution in [2.45, 2.75) is 12.8 Å². The summed E-state index contributed by atoms with van der Waals surface area (Å²) in [7, 11) is 3.11. The molecule has 1 aromatic rings. The fourth-order valence-electron chi connectivity index (χ4n) is 1.86. The molecule has 0 aromatic heterocycles. The van der Waals surface area contributed by atoms with Crippen molar-refractivity contribution in [3.8, 4) is 5.75 Å². The van der Waals surface area contributed by atoms with Gasteiger partial charge < -0.3 is 19.5 Å². The van der Waals surface area contributed by atoms with E-state index in [2.05, 4.69) is 0 Å². The third kappa shape index (κ3) is 6.27. The molecule has 0 atom stereocenters. The van der Waals surface area contributed by atoms with Crippen molar-refractivity contribution in [3.63, 3.8) is 0 Å². The van der Waals surface area contributed by atoms with E-state index in [1.165, 1.54) is 12.0 Å². The fourth-order valence-corrected chi connectivity index (χ4v) is 1.86. The highest BCUT2D eigenvalue weighted by molar-refractivity contribution is 5.81. The Bertz CT molecular complexity index is 458. The summed E-state index contributed by atoms with van der Waals surface area (Å²) >= 11 is 0. The molecule has 0 heterocycles. The van der Waals surface area contributed by atoms with E-state index in [1.807, 2.05) is 24.3 Å². The minimum atomic E-state index is -1.02. The number of rotatable bonds is 9. The van der Waals surface area contributed by atoms with Crippen LogP contribution < -0.4 is 4.74 Å². The van der Waals surface area contributed by atoms with Crippen LogP contribution in [0.1, 0.15) is 12.0 Å². The van der Waals surface area contributed by atoms with Gasteiger partial charge in [-0.3, -0.25) is 9.59 Å². The van der Waals surface area contributed by atoms with E-state index in [-0.39, 0.29) is 25.4 Å². The van der Waals surface area contributed by atoms with Crippen LogP contribution in [0.2, 0.25) is 0 Å². The SMILES string of the molecule is COCCN(CC(=O)O)C(=O)CCc1ccc(OC)cc1. The van der Waals surface area contributed by atoms with Gasteiger partial charge in [0.2, 0.25) is 5.91 Å². The van der Waals surface area contributed by atoms with Gasteiger partial charge in [-0.1, -0.05) is 12.1 Å². The maximum Gasteiger partial charge on any atom is 0.323 e. The zero-order chi connectivity index (χ0) is 15.7. The molecule has 1 rings (SSSR count). The Hall–Kier alpha value is -2.08. The maximum atomic E-state index is 12.1. The highest BCUT2D eigenvalue weighted by atomic mass is 16.5. The lowest BCUT2D eigenvalue weighted by Crippen LogP contribution is -2.38. The van der Waals surface area contributed by atoms with Crippen molar-refractivity contribution in [3.05, 3.63) is 29.8 Å². The Kier molecular flexibility index (Phi) is 7.25. The molecule has 0 aliphatic heterocycles. The number of carboxylic acids is 1. The van der Waals surface area contributed by atoms with Gasteiger partial charge in [0.05, 0.1) is 13.7 Å². The molecular weight excluding hydrogens is 274 g/mol. The van der Waals surface area contributed by atoms with Gasteiger partial charge in [0.1, 0.15) is 12.3 Å². The van der Waals surface area contributed by atoms with Crippen molar-refractivity contribution in [1.82, 2.24) is 4.90 Å². The third-order valence-electron chi connectivity index (χ3n) is 3.03. The van der Waals surface area contributed by atoms with Gasteiger partial charge in [-0.25, -0.2) is 0 Å². The Morgan fingerprint density at radius 1 is 1.19 bits per heavy atom. The van der Waals surface area contributed by atoms with Crippen LogP contribution in [0.4, 0.5) is 0 Å². The first-order valence-electron chi connectivity index (χ1n) is 6.68. The molecule has 1 amide bonds. The molecule has 116 valence electrons. The first kappa shape index (κ1) is 17.0. The number of aryl methyl sites for hydroxylation is 1. The lowest BCUT2D eigenvalue weighted by atomic mass is 10.1. The summed E-state index contributed by atoms with van der Waals surface area (Å²) < 4.78 is 9.96. The average Bonchev–Trinajstić information content (AvgIpc) is 2.49. The highest BCUT2D eigenvalue weighted by Crippen LogP contribution is 2.13. The molecule has 0 saturated carbocycles. The van der Waals surface area contributed by atoms with Gasteiger partial charge in [-0.05, 0) is 24.1 Å². The number of benzene rings is 1. The molecule has 0 saturated heterocycles. The van der Waals surface area contributed by atoms with Crippen LogP contribution in [0.5, 0.6) is 5.75 Å². The second kappa shape index (κ2) is 8.97. The normalized spacial score (nSPS) is 10.2. The molecule has 1 aromatic carbocycles. The van der Waals surface area contributed by atoms with Crippen molar-refractivity contribution < 1.29 is 24.2 Å². The number of carbonyl (C=O) groups excluding carboxylic acids is 1. The van der Waals surface area contributed by atoms with Gasteiger partial charge in [-0.15, -0.1) is 0 Å². The van der Waals surface area contributed by atoms with E-state index in [9.17, 15) is 9.59 Å². The van der Waals surface area contributed by atoms with Crippen LogP contribution in [0, 0.1) is 0 Å². The summed E-state index contributed by atoms with van der Waals surface area (Å²) in [4.78, 5) is 24.1. The van der Waals surface area contributed by atoms with Gasteiger partial charge in [0, 0.05) is 20.1 Å². The first-order valence-corrected chi connectivity index (χ1v) is 6.68. The largest absolute Gasteiger partial charge is 0.497 e. The van der Waals surface area contributed by atoms with E-state index >= 15 is 0 Å². The van der Waals surface area contributed by atoms with Gasteiger partial charge in [0.25, 0.3) is 0 Å². The number of ether oxygens (including phenoxy) is 2. The van der Waals surface area contributed by atoms with Crippen molar-refractivity contribution in [1.29, 1.82) is 0 Å². The summed E-state index contributed by atoms with van der Waals surface area (Å²) in [6.45, 7) is 0.302. The van der Waals surface area contributed by atoms with Crippen molar-refractivity contribution in [2.24, 2.45) is 0 Å². The van der Waals surface area contributed by atoms with Gasteiger partial charge >= 0.3 is 5.97 Å². The topological polar surface area (TPSA) is 76.1 Å². The molecule has 0 aliphatic carbocycles. The summed E-state index contributed by atoms with van der Waals surface area (Å²) in [5.41, 5.74) is 1.01. The van der Waals surface area contributed by atoms with Crippen LogP contribution in [0.25, 0.3) is 0 Å². The molecular formula is C15H21NO5. The lowest BCUT2D eigenvalue weighted by Gasteiger charge is -2.20. The zero-order valence-corrected chi connectivity index (χ0v) is 12.4. The van der Waals surface area contributed by atoms with Crippen molar-refractivity contribution in [2.75, 3.05) is 33.9 Å². The lowest BCUT2D eigenvalue weighted by molar-refractivity contribution is -0.144. The second-order valence-corrected chi connectivity index (χ2v) is 4.55. The maximum absolute atomic E-state index is 12.1. The Morgan fingerprint density at radius 2 is 1.86 bits per heavy atom. The number of carbonyl (C=O) groups is 2. The van der Waals surface area contributed by atoms with E-state index in [1.54, 1.807) is 7.11 Å². The van der Waals surface area contributed by atoms with Crippen LogP contribution in [0.15, 0.2) is 24.3 Å². The third-order valence-corrected chi connectivity index (χ3v) is 3.03. The molecule has 0 unspecified atom stereocenters. The van der Waals surface area contributed by atoms with Crippen molar-refractivity contribution >= 4 is 11.9 Å². The monoisotopic (exact) mass is 295 g/mol. The van der Waals surface area contributed by atoms with Gasteiger partial charge in [-0.2, -0.15) is 0 Å². The van der Waals surface area contributed by atoms with Crippen LogP contribution >= 0.6 is 0 Å². The predicted octanol–water partition coefficient (Wildman–Crippen LogP) is 1.19. The summed E-state index contributed by atoms with van der Waals surface area (Å²) in [5.74, 6) is -0.452. The van der Waals surface area contributed by atoms with E-state index in [0.717, 1.165) is 11.3 Å². The molecule has 0 aliphatic rings. The van der Waals surface area contributed by atoms with Gasteiger partial charge in [0.15, 0.2) is 0 Å². The number of methoxy groups -OCH3 is 2. The zero-order valence-electron chi connectivity index (χ0n) is 12.4. The number of carboxylic acid groups (broad SMARTS) is 1. The van der Waals surface area contributed by atoms with E-state index < -0.39 is 5.97 Å². The standard InChI is InChI=1S/C15H21NO5/c1-20-10-9-16(11-15(18)19)14(17)8-5-12-3-6-13(21-2)7-4-12/h3-4,6-7H,5,8-11H2,1-2H3,(H,18,19). The minimum absolute atomic E-state index is 0.190. The number of nitrogens with zero attached hydrogens (tertiary/aromatic N) is 1.